The Morgan fingerprint density at radius 3 is 2.97 bits per heavy atom. The van der Waals surface area contributed by atoms with Crippen LogP contribution in [0, 0.1) is 11.8 Å². The maximum Gasteiger partial charge on any atom is 0.228 e. The zero-order valence-electron chi connectivity index (χ0n) is 18.1. The highest BCUT2D eigenvalue weighted by Gasteiger charge is 2.45. The molecule has 0 aromatic carbocycles. The number of fused-ring (bicyclic) bond motifs is 1. The van der Waals surface area contributed by atoms with Crippen LogP contribution in [-0.2, 0) is 35.6 Å². The van der Waals surface area contributed by atoms with Gasteiger partial charge in [0.1, 0.15) is 5.00 Å². The van der Waals surface area contributed by atoms with Crippen LogP contribution in [0.1, 0.15) is 41.7 Å². The van der Waals surface area contributed by atoms with Crippen LogP contribution in [0.25, 0.3) is 0 Å². The summed E-state index contributed by atoms with van der Waals surface area (Å²) in [6, 6.07) is 0. The first-order valence-electron chi connectivity index (χ1n) is 11.4. The summed E-state index contributed by atoms with van der Waals surface area (Å²) >= 11 is 1.59. The van der Waals surface area contributed by atoms with Gasteiger partial charge in [0.15, 0.2) is 0 Å². The van der Waals surface area contributed by atoms with E-state index in [1.54, 1.807) is 23.9 Å². The number of aryl methyl sites for hydroxylation is 1. The first-order chi connectivity index (χ1) is 15.6. The molecule has 168 valence electrons. The molecule has 2 unspecified atom stereocenters. The molecule has 0 radical (unpaired) electrons. The van der Waals surface area contributed by atoms with E-state index in [2.05, 4.69) is 28.5 Å². The standard InChI is InChI=1S/C24H29N5O2S/c25-13-20-17-6-10-29(22(30)7-9-28-11-8-26-15-28)14-21(17)32-24(20)27-23(31)19-12-18(19)16-4-2-1-3-5-16/h1-2,4,8,11,15,18-19H,3,5-7,9-10,12-14,25H2,(H,27,31). The number of carbonyl (C=O) groups excluding carboxylic acids is 2. The lowest BCUT2D eigenvalue weighted by molar-refractivity contribution is -0.132. The molecule has 2 atom stereocenters. The summed E-state index contributed by atoms with van der Waals surface area (Å²) in [7, 11) is 0. The molecule has 32 heavy (non-hydrogen) atoms. The minimum absolute atomic E-state index is 0.0683. The number of nitrogens with zero attached hydrogens (tertiary/aromatic N) is 3. The largest absolute Gasteiger partial charge is 0.337 e. The van der Waals surface area contributed by atoms with Crippen molar-refractivity contribution in [3.05, 3.63) is 58.5 Å². The molecule has 2 amide bonds. The molecule has 0 bridgehead atoms. The number of anilines is 1. The number of thiophene rings is 1. The Hall–Kier alpha value is -2.71. The molecule has 5 rings (SSSR count). The number of hydrogen-bond donors (Lipinski definition) is 2. The van der Waals surface area contributed by atoms with Crippen LogP contribution < -0.4 is 11.1 Å². The van der Waals surface area contributed by atoms with Crippen LogP contribution in [0.4, 0.5) is 5.00 Å². The van der Waals surface area contributed by atoms with Gasteiger partial charge in [0.2, 0.25) is 11.8 Å². The van der Waals surface area contributed by atoms with Gasteiger partial charge in [-0.1, -0.05) is 23.8 Å². The fourth-order valence-electron chi connectivity index (χ4n) is 4.83. The number of carbonyl (C=O) groups is 2. The summed E-state index contributed by atoms with van der Waals surface area (Å²) in [6.45, 7) is 2.33. The molecule has 3 aliphatic rings. The van der Waals surface area contributed by atoms with Crippen molar-refractivity contribution in [1.82, 2.24) is 14.5 Å². The smallest absolute Gasteiger partial charge is 0.228 e. The van der Waals surface area contributed by atoms with Gasteiger partial charge in [-0.05, 0) is 37.2 Å². The molecular formula is C24H29N5O2S. The molecule has 2 aromatic rings. The number of allylic oxidation sites excluding steroid dienone is 4. The van der Waals surface area contributed by atoms with Crippen LogP contribution in [0.5, 0.6) is 0 Å². The third kappa shape index (κ3) is 4.29. The van der Waals surface area contributed by atoms with E-state index < -0.39 is 0 Å². The van der Waals surface area contributed by atoms with E-state index in [-0.39, 0.29) is 17.7 Å². The normalized spacial score (nSPS) is 21.8. The number of amides is 2. The minimum Gasteiger partial charge on any atom is -0.337 e. The molecule has 2 aliphatic carbocycles. The van der Waals surface area contributed by atoms with Gasteiger partial charge in [-0.2, -0.15) is 0 Å². The van der Waals surface area contributed by atoms with Crippen molar-refractivity contribution >= 4 is 28.2 Å². The Kier molecular flexibility index (Phi) is 5.97. The lowest BCUT2D eigenvalue weighted by Crippen LogP contribution is -2.36. The molecule has 1 fully saturated rings. The van der Waals surface area contributed by atoms with Crippen molar-refractivity contribution in [2.24, 2.45) is 17.6 Å². The maximum atomic E-state index is 12.9. The Morgan fingerprint density at radius 2 is 2.22 bits per heavy atom. The monoisotopic (exact) mass is 451 g/mol. The van der Waals surface area contributed by atoms with Crippen LogP contribution in [0.2, 0.25) is 0 Å². The zero-order chi connectivity index (χ0) is 22.1. The van der Waals surface area contributed by atoms with Crippen molar-refractivity contribution in [3.63, 3.8) is 0 Å². The fourth-order valence-corrected chi connectivity index (χ4v) is 6.13. The lowest BCUT2D eigenvalue weighted by atomic mass is 9.99. The minimum atomic E-state index is 0.0683. The molecule has 3 N–H and O–H groups in total. The van der Waals surface area contributed by atoms with E-state index in [4.69, 9.17) is 5.73 Å². The van der Waals surface area contributed by atoms with Gasteiger partial charge in [0, 0.05) is 54.8 Å². The van der Waals surface area contributed by atoms with Gasteiger partial charge in [-0.3, -0.25) is 9.59 Å². The van der Waals surface area contributed by atoms with Crippen LogP contribution in [0.15, 0.2) is 42.5 Å². The van der Waals surface area contributed by atoms with E-state index in [0.717, 1.165) is 41.1 Å². The number of imidazole rings is 1. The summed E-state index contributed by atoms with van der Waals surface area (Å²) in [5.41, 5.74) is 9.74. The lowest BCUT2D eigenvalue weighted by Gasteiger charge is -2.27. The summed E-state index contributed by atoms with van der Waals surface area (Å²) in [6.07, 6.45) is 16.1. The Labute approximate surface area is 192 Å². The van der Waals surface area contributed by atoms with E-state index in [1.165, 1.54) is 11.1 Å². The van der Waals surface area contributed by atoms with Gasteiger partial charge in [-0.15, -0.1) is 11.3 Å². The number of nitrogens with one attached hydrogen (secondary N) is 1. The van der Waals surface area contributed by atoms with Crippen molar-refractivity contribution in [2.75, 3.05) is 11.9 Å². The number of nitrogens with two attached hydrogens (primary N) is 1. The summed E-state index contributed by atoms with van der Waals surface area (Å²) in [5.74, 6) is 0.707. The van der Waals surface area contributed by atoms with Gasteiger partial charge >= 0.3 is 0 Å². The van der Waals surface area contributed by atoms with Crippen molar-refractivity contribution < 1.29 is 9.59 Å². The second-order valence-corrected chi connectivity index (χ2v) is 9.88. The predicted molar refractivity (Wildman–Crippen MR) is 125 cm³/mol. The highest BCUT2D eigenvalue weighted by atomic mass is 32.1. The van der Waals surface area contributed by atoms with Crippen molar-refractivity contribution in [1.29, 1.82) is 0 Å². The van der Waals surface area contributed by atoms with E-state index in [0.29, 0.717) is 38.5 Å². The number of rotatable bonds is 7. The fraction of sp³-hybridized carbons (Fsp3) is 0.458. The highest BCUT2D eigenvalue weighted by Crippen LogP contribution is 2.47. The quantitative estimate of drug-likeness (QED) is 0.676. The molecule has 2 aromatic heterocycles. The molecular weight excluding hydrogens is 422 g/mol. The van der Waals surface area contributed by atoms with Crippen LogP contribution in [-0.4, -0.2) is 32.8 Å². The Bertz CT molecular complexity index is 1070. The van der Waals surface area contributed by atoms with Gasteiger partial charge in [0.05, 0.1) is 12.9 Å². The molecule has 1 aliphatic heterocycles. The van der Waals surface area contributed by atoms with E-state index in [1.807, 2.05) is 15.7 Å². The van der Waals surface area contributed by atoms with Crippen molar-refractivity contribution in [2.45, 2.75) is 51.7 Å². The summed E-state index contributed by atoms with van der Waals surface area (Å²) in [5, 5.41) is 4.05. The third-order valence-corrected chi connectivity index (χ3v) is 7.93. The van der Waals surface area contributed by atoms with E-state index in [9.17, 15) is 9.59 Å². The SMILES string of the molecule is NCc1c(NC(=O)C2CC2C2=CC=CCC2)sc2c1CCN(C(=O)CCn1ccnc1)C2. The van der Waals surface area contributed by atoms with E-state index >= 15 is 0 Å². The zero-order valence-corrected chi connectivity index (χ0v) is 18.9. The second-order valence-electron chi connectivity index (χ2n) is 8.78. The molecule has 3 heterocycles. The Balaban J connectivity index is 1.22. The summed E-state index contributed by atoms with van der Waals surface area (Å²) < 4.78 is 1.92. The third-order valence-electron chi connectivity index (χ3n) is 6.75. The molecule has 1 saturated carbocycles. The average Bonchev–Trinajstić information content (AvgIpc) is 3.30. The van der Waals surface area contributed by atoms with Gasteiger partial charge < -0.3 is 20.5 Å². The summed E-state index contributed by atoms with van der Waals surface area (Å²) in [4.78, 5) is 32.7. The van der Waals surface area contributed by atoms with Crippen LogP contribution in [0.3, 0.4) is 0 Å². The topological polar surface area (TPSA) is 93.3 Å². The molecule has 7 nitrogen and oxygen atoms in total. The predicted octanol–water partition coefficient (Wildman–Crippen LogP) is 3.23. The van der Waals surface area contributed by atoms with Gasteiger partial charge in [0.25, 0.3) is 0 Å². The second kappa shape index (κ2) is 9.03. The van der Waals surface area contributed by atoms with Gasteiger partial charge in [-0.25, -0.2) is 4.98 Å². The van der Waals surface area contributed by atoms with Crippen LogP contribution >= 0.6 is 11.3 Å². The molecule has 8 heteroatoms. The molecule has 0 spiro atoms. The first kappa shape index (κ1) is 21.2. The maximum absolute atomic E-state index is 12.9. The molecule has 0 saturated heterocycles. The first-order valence-corrected chi connectivity index (χ1v) is 12.2. The Morgan fingerprint density at radius 1 is 1.31 bits per heavy atom. The van der Waals surface area contributed by atoms with Crippen molar-refractivity contribution in [3.8, 4) is 0 Å². The average molecular weight is 452 g/mol. The number of hydrogen-bond acceptors (Lipinski definition) is 5. The number of aromatic nitrogens is 2. The highest BCUT2D eigenvalue weighted by molar-refractivity contribution is 7.16.